The Morgan fingerprint density at radius 2 is 2.19 bits per heavy atom. The number of pyridine rings is 1. The highest BCUT2D eigenvalue weighted by Crippen LogP contribution is 2.32. The van der Waals surface area contributed by atoms with Crippen molar-refractivity contribution in [3.8, 4) is 0 Å². The van der Waals surface area contributed by atoms with Gasteiger partial charge >= 0.3 is 0 Å². The van der Waals surface area contributed by atoms with E-state index < -0.39 is 0 Å². The molecule has 0 spiro atoms. The third-order valence-corrected chi connectivity index (χ3v) is 5.71. The zero-order valence-electron chi connectivity index (χ0n) is 12.0. The van der Waals surface area contributed by atoms with Crippen LogP contribution in [0.2, 0.25) is 0 Å². The van der Waals surface area contributed by atoms with Crippen LogP contribution in [0.15, 0.2) is 17.8 Å². The third kappa shape index (κ3) is 2.22. The summed E-state index contributed by atoms with van der Waals surface area (Å²) in [4.78, 5) is 23.5. The van der Waals surface area contributed by atoms with Crippen molar-refractivity contribution in [2.24, 2.45) is 5.92 Å². The first-order chi connectivity index (χ1) is 10.2. The molecule has 5 heterocycles. The molecule has 3 aliphatic rings. The topological polar surface area (TPSA) is 58.1 Å². The van der Waals surface area contributed by atoms with E-state index in [0.717, 1.165) is 10.2 Å². The summed E-state index contributed by atoms with van der Waals surface area (Å²) in [7, 11) is 0. The number of nitrogens with one attached hydrogen (secondary N) is 1. The molecule has 1 N–H and O–H groups in total. The van der Waals surface area contributed by atoms with E-state index in [4.69, 9.17) is 0 Å². The molecular formula is C15H18N4OS. The first-order valence-electron chi connectivity index (χ1n) is 7.46. The van der Waals surface area contributed by atoms with Crippen LogP contribution < -0.4 is 5.32 Å². The van der Waals surface area contributed by atoms with Crippen molar-refractivity contribution in [2.75, 3.05) is 13.1 Å². The summed E-state index contributed by atoms with van der Waals surface area (Å²) < 4.78 is 1.02. The first kappa shape index (κ1) is 13.2. The van der Waals surface area contributed by atoms with Gasteiger partial charge in [-0.3, -0.25) is 9.69 Å². The van der Waals surface area contributed by atoms with Crippen molar-refractivity contribution in [3.05, 3.63) is 23.5 Å². The van der Waals surface area contributed by atoms with E-state index in [1.54, 1.807) is 29.1 Å². The summed E-state index contributed by atoms with van der Waals surface area (Å²) in [6.07, 6.45) is 4.11. The molecule has 2 atom stereocenters. The summed E-state index contributed by atoms with van der Waals surface area (Å²) in [5.74, 6) is 0.535. The molecule has 110 valence electrons. The number of thiazole rings is 1. The number of carbonyl (C=O) groups is 1. The largest absolute Gasteiger partial charge is 0.346 e. The zero-order valence-corrected chi connectivity index (χ0v) is 12.8. The van der Waals surface area contributed by atoms with Gasteiger partial charge in [-0.2, -0.15) is 0 Å². The summed E-state index contributed by atoms with van der Waals surface area (Å²) in [6.45, 7) is 4.55. The Morgan fingerprint density at radius 3 is 2.95 bits per heavy atom. The second-order valence-corrected chi connectivity index (χ2v) is 6.89. The van der Waals surface area contributed by atoms with Crippen molar-refractivity contribution in [1.29, 1.82) is 0 Å². The van der Waals surface area contributed by atoms with Gasteiger partial charge in [0.1, 0.15) is 5.69 Å². The Labute approximate surface area is 127 Å². The van der Waals surface area contributed by atoms with E-state index in [2.05, 4.69) is 27.1 Å². The quantitative estimate of drug-likeness (QED) is 0.920. The lowest BCUT2D eigenvalue weighted by Gasteiger charge is -2.49. The fourth-order valence-electron chi connectivity index (χ4n) is 3.66. The third-order valence-electron chi connectivity index (χ3n) is 4.93. The van der Waals surface area contributed by atoms with Gasteiger partial charge in [0.25, 0.3) is 5.91 Å². The molecule has 2 aromatic rings. The highest BCUT2D eigenvalue weighted by atomic mass is 32.1. The number of fused-ring (bicyclic) bond motifs is 4. The molecule has 1 amide bonds. The maximum atomic E-state index is 12.5. The van der Waals surface area contributed by atoms with E-state index in [1.807, 2.05) is 0 Å². The summed E-state index contributed by atoms with van der Waals surface area (Å²) in [5.41, 5.74) is 3.10. The van der Waals surface area contributed by atoms with Crippen molar-refractivity contribution < 1.29 is 4.79 Å². The van der Waals surface area contributed by atoms with Gasteiger partial charge in [0.15, 0.2) is 0 Å². The molecule has 5 nitrogen and oxygen atoms in total. The molecular weight excluding hydrogens is 284 g/mol. The maximum absolute atomic E-state index is 12.5. The van der Waals surface area contributed by atoms with Crippen LogP contribution in [0.4, 0.5) is 0 Å². The minimum atomic E-state index is -0.0736. The molecule has 0 aliphatic carbocycles. The van der Waals surface area contributed by atoms with Gasteiger partial charge in [-0.25, -0.2) is 9.97 Å². The van der Waals surface area contributed by atoms with Crippen molar-refractivity contribution in [1.82, 2.24) is 20.2 Å². The molecule has 21 heavy (non-hydrogen) atoms. The van der Waals surface area contributed by atoms with E-state index >= 15 is 0 Å². The molecule has 2 unspecified atom stereocenters. The Hall–Kier alpha value is -1.53. The van der Waals surface area contributed by atoms with Gasteiger partial charge in [0.05, 0.1) is 15.7 Å². The summed E-state index contributed by atoms with van der Waals surface area (Å²) in [6, 6.07) is 2.45. The highest BCUT2D eigenvalue weighted by Gasteiger charge is 2.40. The zero-order chi connectivity index (χ0) is 14.4. The lowest BCUT2D eigenvalue weighted by atomic mass is 9.79. The molecule has 2 bridgehead atoms. The predicted molar refractivity (Wildman–Crippen MR) is 82.4 cm³/mol. The van der Waals surface area contributed by atoms with Crippen LogP contribution >= 0.6 is 11.3 Å². The Kier molecular flexibility index (Phi) is 3.15. The highest BCUT2D eigenvalue weighted by molar-refractivity contribution is 7.16. The number of amides is 1. The van der Waals surface area contributed by atoms with Crippen LogP contribution in [-0.4, -0.2) is 45.9 Å². The molecule has 0 saturated carbocycles. The summed E-state index contributed by atoms with van der Waals surface area (Å²) >= 11 is 1.54. The van der Waals surface area contributed by atoms with Crippen LogP contribution in [0, 0.1) is 5.92 Å². The SMILES string of the molecule is CC1C(NC(=O)c2cc3ncsc3cn2)C2CCN1CC2. The number of piperidine rings is 3. The van der Waals surface area contributed by atoms with E-state index in [1.165, 1.54) is 25.9 Å². The standard InChI is InChI=1S/C15H18N4OS/c1-9-14(10-2-4-19(9)5-3-10)18-15(20)12-6-11-13(7-16-12)21-8-17-11/h6-10,14H,2-5H2,1H3,(H,18,20). The van der Waals surface area contributed by atoms with Gasteiger partial charge in [-0.05, 0) is 44.8 Å². The van der Waals surface area contributed by atoms with Crippen molar-refractivity contribution >= 4 is 27.5 Å². The fraction of sp³-hybridized carbons (Fsp3) is 0.533. The molecule has 2 aromatic heterocycles. The fourth-order valence-corrected chi connectivity index (χ4v) is 4.28. The van der Waals surface area contributed by atoms with Gasteiger partial charge in [-0.1, -0.05) is 0 Å². The van der Waals surface area contributed by atoms with Gasteiger partial charge in [-0.15, -0.1) is 11.3 Å². The monoisotopic (exact) mass is 302 g/mol. The summed E-state index contributed by atoms with van der Waals surface area (Å²) in [5, 5.41) is 3.21. The lowest BCUT2D eigenvalue weighted by Crippen LogP contribution is -2.62. The number of hydrogen-bond donors (Lipinski definition) is 1. The molecule has 3 aliphatic heterocycles. The minimum Gasteiger partial charge on any atom is -0.346 e. The van der Waals surface area contributed by atoms with Crippen LogP contribution in [0.5, 0.6) is 0 Å². The average Bonchev–Trinajstić information content (AvgIpc) is 2.98. The van der Waals surface area contributed by atoms with Gasteiger partial charge < -0.3 is 5.32 Å². The normalized spacial score (nSPS) is 31.5. The van der Waals surface area contributed by atoms with Crippen LogP contribution in [0.25, 0.3) is 10.2 Å². The maximum Gasteiger partial charge on any atom is 0.270 e. The molecule has 6 heteroatoms. The predicted octanol–water partition coefficient (Wildman–Crippen LogP) is 1.90. The number of rotatable bonds is 2. The van der Waals surface area contributed by atoms with Crippen LogP contribution in [0.3, 0.4) is 0 Å². The molecule has 3 fully saturated rings. The van der Waals surface area contributed by atoms with Crippen LogP contribution in [-0.2, 0) is 0 Å². The molecule has 0 aromatic carbocycles. The van der Waals surface area contributed by atoms with E-state index in [-0.39, 0.29) is 11.9 Å². The Bertz CT molecular complexity index is 675. The van der Waals surface area contributed by atoms with E-state index in [9.17, 15) is 4.79 Å². The van der Waals surface area contributed by atoms with Crippen molar-refractivity contribution in [2.45, 2.75) is 31.8 Å². The smallest absolute Gasteiger partial charge is 0.270 e. The van der Waals surface area contributed by atoms with Crippen LogP contribution in [0.1, 0.15) is 30.3 Å². The number of carbonyl (C=O) groups excluding carboxylic acids is 1. The molecule has 5 rings (SSSR count). The van der Waals surface area contributed by atoms with Crippen molar-refractivity contribution in [3.63, 3.8) is 0 Å². The Morgan fingerprint density at radius 1 is 1.38 bits per heavy atom. The van der Waals surface area contributed by atoms with Gasteiger partial charge in [0, 0.05) is 18.3 Å². The molecule has 3 saturated heterocycles. The second-order valence-electron chi connectivity index (χ2n) is 6.00. The van der Waals surface area contributed by atoms with E-state index in [0.29, 0.717) is 17.7 Å². The minimum absolute atomic E-state index is 0.0736. The Balaban J connectivity index is 1.54. The average molecular weight is 302 g/mol. The molecule has 0 radical (unpaired) electrons. The van der Waals surface area contributed by atoms with Gasteiger partial charge in [0.2, 0.25) is 0 Å². The lowest BCUT2D eigenvalue weighted by molar-refractivity contribution is 0.0216. The number of hydrogen-bond acceptors (Lipinski definition) is 5. The number of aromatic nitrogens is 2. The second kappa shape index (κ2) is 5.03. The first-order valence-corrected chi connectivity index (χ1v) is 8.34. The number of nitrogens with zero attached hydrogens (tertiary/aromatic N) is 3.